The second kappa shape index (κ2) is 5.77. The molecule has 2 aromatic rings. The number of piperidine rings is 1. The van der Waals surface area contributed by atoms with Crippen LogP contribution in [0, 0.1) is 5.41 Å². The second-order valence-corrected chi connectivity index (χ2v) is 6.57. The summed E-state index contributed by atoms with van der Waals surface area (Å²) in [6.45, 7) is 3.84. The molecule has 1 aromatic heterocycles. The van der Waals surface area contributed by atoms with Gasteiger partial charge in [-0.2, -0.15) is 9.90 Å². The van der Waals surface area contributed by atoms with Crippen molar-refractivity contribution in [1.82, 2.24) is 25.2 Å². The van der Waals surface area contributed by atoms with Gasteiger partial charge in [-0.3, -0.25) is 4.79 Å². The molecule has 2 saturated heterocycles. The van der Waals surface area contributed by atoms with Crippen molar-refractivity contribution in [3.63, 3.8) is 0 Å². The Balaban J connectivity index is 1.45. The first-order valence-corrected chi connectivity index (χ1v) is 8.24. The molecule has 2 aliphatic rings. The molecule has 1 spiro atoms. The number of para-hydroxylation sites is 1. The van der Waals surface area contributed by atoms with Crippen LogP contribution in [0.4, 0.5) is 0 Å². The molecule has 0 unspecified atom stereocenters. The summed E-state index contributed by atoms with van der Waals surface area (Å²) in [4.78, 5) is 16.1. The highest BCUT2D eigenvalue weighted by Crippen LogP contribution is 2.37. The van der Waals surface area contributed by atoms with Gasteiger partial charge in [0.2, 0.25) is 0 Å². The van der Waals surface area contributed by atoms with E-state index in [1.54, 1.807) is 6.20 Å². The average Bonchev–Trinajstić information content (AvgIpc) is 3.26. The second-order valence-electron chi connectivity index (χ2n) is 6.57. The maximum Gasteiger partial charge on any atom is 0.276 e. The minimum Gasteiger partial charge on any atom is -0.337 e. The van der Waals surface area contributed by atoms with Crippen molar-refractivity contribution >= 4 is 5.91 Å². The minimum absolute atomic E-state index is 0.00649. The Morgan fingerprint density at radius 2 is 1.91 bits per heavy atom. The third-order valence-corrected chi connectivity index (χ3v) is 5.14. The van der Waals surface area contributed by atoms with E-state index in [9.17, 15) is 4.79 Å². The van der Waals surface area contributed by atoms with Crippen LogP contribution >= 0.6 is 0 Å². The summed E-state index contributed by atoms with van der Waals surface area (Å²) in [5.74, 6) is -0.00649. The van der Waals surface area contributed by atoms with E-state index in [2.05, 4.69) is 15.5 Å². The van der Waals surface area contributed by atoms with Gasteiger partial charge >= 0.3 is 0 Å². The van der Waals surface area contributed by atoms with E-state index in [1.165, 1.54) is 11.2 Å². The zero-order chi connectivity index (χ0) is 15.7. The molecule has 0 aliphatic carbocycles. The van der Waals surface area contributed by atoms with Gasteiger partial charge in [0.15, 0.2) is 5.69 Å². The maximum absolute atomic E-state index is 12.6. The van der Waals surface area contributed by atoms with Gasteiger partial charge in [0.1, 0.15) is 0 Å². The summed E-state index contributed by atoms with van der Waals surface area (Å²) >= 11 is 0. The molecule has 0 radical (unpaired) electrons. The van der Waals surface area contributed by atoms with Gasteiger partial charge < -0.3 is 10.2 Å². The lowest BCUT2D eigenvalue weighted by Crippen LogP contribution is -2.44. The molecule has 120 valence electrons. The van der Waals surface area contributed by atoms with E-state index < -0.39 is 0 Å². The molecule has 1 amide bonds. The summed E-state index contributed by atoms with van der Waals surface area (Å²) < 4.78 is 0. The topological polar surface area (TPSA) is 63.1 Å². The Bertz CT molecular complexity index is 680. The van der Waals surface area contributed by atoms with Crippen LogP contribution in [0.3, 0.4) is 0 Å². The lowest BCUT2D eigenvalue weighted by atomic mass is 9.78. The first kappa shape index (κ1) is 14.4. The number of likely N-dealkylation sites (tertiary alicyclic amines) is 1. The molecule has 23 heavy (non-hydrogen) atoms. The third-order valence-electron chi connectivity index (χ3n) is 5.14. The number of benzene rings is 1. The molecule has 2 fully saturated rings. The highest BCUT2D eigenvalue weighted by atomic mass is 16.2. The number of nitrogens with zero attached hydrogens (tertiary/aromatic N) is 4. The van der Waals surface area contributed by atoms with Crippen molar-refractivity contribution in [3.8, 4) is 5.69 Å². The first-order chi connectivity index (χ1) is 11.3. The zero-order valence-electron chi connectivity index (χ0n) is 13.1. The lowest BCUT2D eigenvalue weighted by molar-refractivity contribution is 0.0601. The van der Waals surface area contributed by atoms with Crippen LogP contribution in [0.2, 0.25) is 0 Å². The highest BCUT2D eigenvalue weighted by Gasteiger charge is 2.38. The van der Waals surface area contributed by atoms with Crippen molar-refractivity contribution in [2.75, 3.05) is 26.2 Å². The van der Waals surface area contributed by atoms with Crippen LogP contribution in [-0.4, -0.2) is 52.0 Å². The summed E-state index contributed by atoms with van der Waals surface area (Å²) in [5, 5.41) is 12.0. The molecule has 3 heterocycles. The first-order valence-electron chi connectivity index (χ1n) is 8.24. The van der Waals surface area contributed by atoms with Crippen LogP contribution in [0.25, 0.3) is 5.69 Å². The van der Waals surface area contributed by atoms with Gasteiger partial charge in [-0.05, 0) is 43.4 Å². The molecule has 0 saturated carbocycles. The monoisotopic (exact) mass is 311 g/mol. The molecule has 6 nitrogen and oxygen atoms in total. The van der Waals surface area contributed by atoms with Gasteiger partial charge in [0, 0.05) is 19.6 Å². The third kappa shape index (κ3) is 2.74. The predicted molar refractivity (Wildman–Crippen MR) is 86.4 cm³/mol. The van der Waals surface area contributed by atoms with E-state index in [0.717, 1.165) is 44.7 Å². The average molecular weight is 311 g/mol. The Kier molecular flexibility index (Phi) is 3.61. The number of aromatic nitrogens is 3. The SMILES string of the molecule is O=C(c1cnn(-c2ccccc2)n1)N1CCC2(CCNC2)CC1. The maximum atomic E-state index is 12.6. The van der Waals surface area contributed by atoms with Crippen molar-refractivity contribution in [2.24, 2.45) is 5.41 Å². The number of carbonyl (C=O) groups is 1. The van der Waals surface area contributed by atoms with Gasteiger partial charge in [-0.25, -0.2) is 0 Å². The van der Waals surface area contributed by atoms with Crippen LogP contribution < -0.4 is 5.32 Å². The fourth-order valence-electron chi connectivity index (χ4n) is 3.62. The summed E-state index contributed by atoms with van der Waals surface area (Å²) in [6.07, 6.45) is 4.97. The summed E-state index contributed by atoms with van der Waals surface area (Å²) in [6, 6.07) is 9.65. The lowest BCUT2D eigenvalue weighted by Gasteiger charge is -2.38. The fourth-order valence-corrected chi connectivity index (χ4v) is 3.62. The van der Waals surface area contributed by atoms with Crippen LogP contribution in [0.1, 0.15) is 29.8 Å². The van der Waals surface area contributed by atoms with E-state index >= 15 is 0 Å². The van der Waals surface area contributed by atoms with Crippen molar-refractivity contribution < 1.29 is 4.79 Å². The molecular formula is C17H21N5O. The standard InChI is InChI=1S/C17H21N5O/c23-16(21-10-7-17(8-11-21)6-9-18-13-17)15-12-19-22(20-15)14-4-2-1-3-5-14/h1-5,12,18H,6-11,13H2. The largest absolute Gasteiger partial charge is 0.337 e. The van der Waals surface area contributed by atoms with Crippen LogP contribution in [0.5, 0.6) is 0 Å². The van der Waals surface area contributed by atoms with E-state index in [-0.39, 0.29) is 5.91 Å². The smallest absolute Gasteiger partial charge is 0.276 e. The molecule has 1 N–H and O–H groups in total. The predicted octanol–water partition coefficient (Wildman–Crippen LogP) is 1.48. The van der Waals surface area contributed by atoms with E-state index in [0.29, 0.717) is 11.1 Å². The normalized spacial score (nSPS) is 20.1. The minimum atomic E-state index is -0.00649. The number of hydrogen-bond acceptors (Lipinski definition) is 4. The van der Waals surface area contributed by atoms with E-state index in [4.69, 9.17) is 0 Å². The molecule has 2 aliphatic heterocycles. The Morgan fingerprint density at radius 3 is 2.61 bits per heavy atom. The van der Waals surface area contributed by atoms with Gasteiger partial charge in [0.05, 0.1) is 11.9 Å². The van der Waals surface area contributed by atoms with Crippen LogP contribution in [0.15, 0.2) is 36.5 Å². The van der Waals surface area contributed by atoms with Gasteiger partial charge in [-0.1, -0.05) is 18.2 Å². The van der Waals surface area contributed by atoms with Crippen LogP contribution in [-0.2, 0) is 0 Å². The number of hydrogen-bond donors (Lipinski definition) is 1. The molecule has 1 aromatic carbocycles. The molecule has 6 heteroatoms. The Morgan fingerprint density at radius 1 is 1.13 bits per heavy atom. The number of carbonyl (C=O) groups excluding carboxylic acids is 1. The number of rotatable bonds is 2. The molecule has 4 rings (SSSR count). The quantitative estimate of drug-likeness (QED) is 0.912. The number of nitrogens with one attached hydrogen (secondary N) is 1. The Labute approximate surface area is 135 Å². The molecular weight excluding hydrogens is 290 g/mol. The van der Waals surface area contributed by atoms with Crippen molar-refractivity contribution in [1.29, 1.82) is 0 Å². The van der Waals surface area contributed by atoms with Gasteiger partial charge in [0.25, 0.3) is 5.91 Å². The van der Waals surface area contributed by atoms with Crippen molar-refractivity contribution in [2.45, 2.75) is 19.3 Å². The molecule has 0 atom stereocenters. The van der Waals surface area contributed by atoms with Crippen molar-refractivity contribution in [3.05, 3.63) is 42.2 Å². The summed E-state index contributed by atoms with van der Waals surface area (Å²) in [7, 11) is 0. The number of amides is 1. The van der Waals surface area contributed by atoms with E-state index in [1.807, 2.05) is 35.2 Å². The molecule has 0 bridgehead atoms. The zero-order valence-corrected chi connectivity index (χ0v) is 13.1. The summed E-state index contributed by atoms with van der Waals surface area (Å²) in [5.41, 5.74) is 1.70. The van der Waals surface area contributed by atoms with Gasteiger partial charge in [-0.15, -0.1) is 5.10 Å². The Hall–Kier alpha value is -2.21. The fraction of sp³-hybridized carbons (Fsp3) is 0.471. The highest BCUT2D eigenvalue weighted by molar-refractivity contribution is 5.92.